The Morgan fingerprint density at radius 1 is 1.55 bits per heavy atom. The van der Waals surface area contributed by atoms with Crippen molar-refractivity contribution >= 4 is 21.6 Å². The van der Waals surface area contributed by atoms with Gasteiger partial charge in [0, 0.05) is 25.7 Å². The third-order valence-corrected chi connectivity index (χ3v) is 4.75. The number of nitrogens with two attached hydrogens (primary N) is 1. The highest BCUT2D eigenvalue weighted by molar-refractivity contribution is 9.10. The average Bonchev–Trinajstić information content (AvgIpc) is 2.44. The SMILES string of the molecule is CCCCn1ncc(N2CCC(N)C(C)C2)c(Br)c1=O. The molecule has 0 spiro atoms. The van der Waals surface area contributed by atoms with Crippen LogP contribution >= 0.6 is 15.9 Å². The number of unbranched alkanes of at least 4 members (excludes halogenated alkanes) is 1. The molecule has 1 aliphatic rings. The quantitative estimate of drug-likeness (QED) is 0.908. The maximum atomic E-state index is 12.3. The Hall–Kier alpha value is -0.880. The van der Waals surface area contributed by atoms with Gasteiger partial charge in [-0.05, 0) is 34.7 Å². The third kappa shape index (κ3) is 3.23. The van der Waals surface area contributed by atoms with Crippen molar-refractivity contribution in [1.29, 1.82) is 0 Å². The summed E-state index contributed by atoms with van der Waals surface area (Å²) < 4.78 is 2.15. The molecule has 1 aromatic rings. The summed E-state index contributed by atoms with van der Waals surface area (Å²) in [7, 11) is 0. The van der Waals surface area contributed by atoms with Crippen LogP contribution in [0.25, 0.3) is 0 Å². The van der Waals surface area contributed by atoms with E-state index >= 15 is 0 Å². The molecule has 1 aliphatic heterocycles. The topological polar surface area (TPSA) is 64.2 Å². The second-order valence-corrected chi connectivity index (χ2v) is 6.39. The first-order chi connectivity index (χ1) is 9.54. The molecule has 1 fully saturated rings. The van der Waals surface area contributed by atoms with E-state index in [2.05, 4.69) is 39.8 Å². The van der Waals surface area contributed by atoms with Crippen LogP contribution in [0.2, 0.25) is 0 Å². The number of aryl methyl sites for hydroxylation is 1. The van der Waals surface area contributed by atoms with E-state index in [-0.39, 0.29) is 11.6 Å². The van der Waals surface area contributed by atoms with Crippen molar-refractivity contribution in [2.24, 2.45) is 11.7 Å². The van der Waals surface area contributed by atoms with E-state index in [0.29, 0.717) is 16.9 Å². The van der Waals surface area contributed by atoms with Gasteiger partial charge in [-0.25, -0.2) is 4.68 Å². The van der Waals surface area contributed by atoms with E-state index < -0.39 is 0 Å². The number of anilines is 1. The van der Waals surface area contributed by atoms with Gasteiger partial charge in [0.1, 0.15) is 4.47 Å². The molecule has 2 rings (SSSR count). The van der Waals surface area contributed by atoms with Gasteiger partial charge in [0.05, 0.1) is 11.9 Å². The van der Waals surface area contributed by atoms with E-state index in [1.807, 2.05) is 0 Å². The third-order valence-electron chi connectivity index (χ3n) is 4.00. The van der Waals surface area contributed by atoms with Crippen molar-refractivity contribution < 1.29 is 0 Å². The highest BCUT2D eigenvalue weighted by Crippen LogP contribution is 2.26. The zero-order valence-corrected chi connectivity index (χ0v) is 13.8. The maximum absolute atomic E-state index is 12.3. The second-order valence-electron chi connectivity index (χ2n) is 5.60. The van der Waals surface area contributed by atoms with Crippen molar-refractivity contribution in [3.63, 3.8) is 0 Å². The minimum Gasteiger partial charge on any atom is -0.369 e. The lowest BCUT2D eigenvalue weighted by atomic mass is 9.94. The number of rotatable bonds is 4. The molecular weight excluding hydrogens is 320 g/mol. The van der Waals surface area contributed by atoms with E-state index in [1.54, 1.807) is 6.20 Å². The highest BCUT2D eigenvalue weighted by atomic mass is 79.9. The van der Waals surface area contributed by atoms with Crippen LogP contribution in [-0.2, 0) is 6.54 Å². The molecule has 2 heterocycles. The average molecular weight is 343 g/mol. The molecule has 0 aromatic carbocycles. The number of hydrogen-bond donors (Lipinski definition) is 1. The van der Waals surface area contributed by atoms with Crippen molar-refractivity contribution in [3.05, 3.63) is 21.0 Å². The Labute approximate surface area is 128 Å². The zero-order chi connectivity index (χ0) is 14.7. The van der Waals surface area contributed by atoms with Gasteiger partial charge in [-0.3, -0.25) is 4.79 Å². The predicted octanol–water partition coefficient (Wildman–Crippen LogP) is 1.98. The second kappa shape index (κ2) is 6.72. The molecule has 0 radical (unpaired) electrons. The van der Waals surface area contributed by atoms with Gasteiger partial charge in [-0.1, -0.05) is 20.3 Å². The molecule has 6 heteroatoms. The molecule has 2 N–H and O–H groups in total. The van der Waals surface area contributed by atoms with Gasteiger partial charge < -0.3 is 10.6 Å². The largest absolute Gasteiger partial charge is 0.369 e. The fourth-order valence-corrected chi connectivity index (χ4v) is 3.08. The first-order valence-electron chi connectivity index (χ1n) is 7.30. The van der Waals surface area contributed by atoms with E-state index in [4.69, 9.17) is 5.73 Å². The first-order valence-corrected chi connectivity index (χ1v) is 8.10. The van der Waals surface area contributed by atoms with Crippen LogP contribution in [0.4, 0.5) is 5.69 Å². The standard InChI is InChI=1S/C14H23BrN4O/c1-3-4-6-19-14(20)13(15)12(8-17-19)18-7-5-11(16)10(2)9-18/h8,10-11H,3-7,9,16H2,1-2H3. The van der Waals surface area contributed by atoms with Gasteiger partial charge in [-0.15, -0.1) is 0 Å². The van der Waals surface area contributed by atoms with Crippen molar-refractivity contribution in [3.8, 4) is 0 Å². The lowest BCUT2D eigenvalue weighted by Gasteiger charge is -2.36. The molecule has 5 nitrogen and oxygen atoms in total. The summed E-state index contributed by atoms with van der Waals surface area (Å²) in [5.74, 6) is 0.429. The summed E-state index contributed by atoms with van der Waals surface area (Å²) >= 11 is 3.45. The summed E-state index contributed by atoms with van der Waals surface area (Å²) in [5.41, 5.74) is 6.89. The zero-order valence-electron chi connectivity index (χ0n) is 12.2. The summed E-state index contributed by atoms with van der Waals surface area (Å²) in [6.07, 6.45) is 4.76. The molecule has 1 aromatic heterocycles. The summed E-state index contributed by atoms with van der Waals surface area (Å²) in [6, 6.07) is 0.253. The summed E-state index contributed by atoms with van der Waals surface area (Å²) in [6.45, 7) is 6.69. The first kappa shape index (κ1) is 15.5. The molecule has 112 valence electrons. The Bertz CT molecular complexity index is 516. The Kier molecular flexibility index (Phi) is 5.21. The summed E-state index contributed by atoms with van der Waals surface area (Å²) in [5, 5.41) is 4.30. The minimum absolute atomic E-state index is 0.0431. The van der Waals surface area contributed by atoms with E-state index in [9.17, 15) is 4.79 Å². The van der Waals surface area contributed by atoms with Crippen molar-refractivity contribution in [2.75, 3.05) is 18.0 Å². The predicted molar refractivity (Wildman–Crippen MR) is 85.1 cm³/mol. The van der Waals surface area contributed by atoms with Crippen molar-refractivity contribution in [2.45, 2.75) is 45.7 Å². The number of hydrogen-bond acceptors (Lipinski definition) is 4. The van der Waals surface area contributed by atoms with Crippen LogP contribution in [0, 0.1) is 5.92 Å². The number of aromatic nitrogens is 2. The Morgan fingerprint density at radius 3 is 2.95 bits per heavy atom. The number of nitrogens with zero attached hydrogens (tertiary/aromatic N) is 3. The molecule has 0 aliphatic carbocycles. The lowest BCUT2D eigenvalue weighted by Crippen LogP contribution is -2.46. The molecule has 0 saturated carbocycles. The van der Waals surface area contributed by atoms with Gasteiger partial charge in [-0.2, -0.15) is 5.10 Å². The normalized spacial score (nSPS) is 23.1. The van der Waals surface area contributed by atoms with Crippen molar-refractivity contribution in [1.82, 2.24) is 9.78 Å². The number of halogens is 1. The summed E-state index contributed by atoms with van der Waals surface area (Å²) in [4.78, 5) is 14.5. The van der Waals surface area contributed by atoms with Crippen LogP contribution in [-0.4, -0.2) is 28.9 Å². The fraction of sp³-hybridized carbons (Fsp3) is 0.714. The van der Waals surface area contributed by atoms with Crippen LogP contribution < -0.4 is 16.2 Å². The van der Waals surface area contributed by atoms with Crippen LogP contribution in [0.3, 0.4) is 0 Å². The monoisotopic (exact) mass is 342 g/mol. The minimum atomic E-state index is -0.0431. The van der Waals surface area contributed by atoms with Crippen LogP contribution in [0.15, 0.2) is 15.5 Å². The smallest absolute Gasteiger partial charge is 0.283 e. The molecule has 0 bridgehead atoms. The van der Waals surface area contributed by atoms with Crippen LogP contribution in [0.5, 0.6) is 0 Å². The van der Waals surface area contributed by atoms with E-state index in [1.165, 1.54) is 4.68 Å². The van der Waals surface area contributed by atoms with Gasteiger partial charge in [0.25, 0.3) is 5.56 Å². The van der Waals surface area contributed by atoms with Crippen LogP contribution in [0.1, 0.15) is 33.1 Å². The van der Waals surface area contributed by atoms with Gasteiger partial charge >= 0.3 is 0 Å². The molecule has 20 heavy (non-hydrogen) atoms. The lowest BCUT2D eigenvalue weighted by molar-refractivity contribution is 0.382. The highest BCUT2D eigenvalue weighted by Gasteiger charge is 2.25. The van der Waals surface area contributed by atoms with Gasteiger partial charge in [0.15, 0.2) is 0 Å². The molecule has 2 unspecified atom stereocenters. The molecule has 2 atom stereocenters. The van der Waals surface area contributed by atoms with Gasteiger partial charge in [0.2, 0.25) is 0 Å². The molecule has 0 amide bonds. The number of piperidine rings is 1. The Morgan fingerprint density at radius 2 is 2.30 bits per heavy atom. The van der Waals surface area contributed by atoms with E-state index in [0.717, 1.165) is 38.0 Å². The molecular formula is C14H23BrN4O. The fourth-order valence-electron chi connectivity index (χ4n) is 2.53. The maximum Gasteiger partial charge on any atom is 0.283 e. The molecule has 1 saturated heterocycles. The Balaban J connectivity index is 2.21.